The summed E-state index contributed by atoms with van der Waals surface area (Å²) in [5, 5.41) is 0.674. The lowest BCUT2D eigenvalue weighted by Crippen LogP contribution is -2.25. The van der Waals surface area contributed by atoms with Crippen LogP contribution in [0.15, 0.2) is 35.4 Å². The number of hydrogen-bond acceptors (Lipinski definition) is 4. The van der Waals surface area contributed by atoms with Crippen LogP contribution < -0.4 is 11.3 Å². The Hall–Kier alpha value is -2.05. The number of nitrogens with two attached hydrogens (primary N) is 1. The van der Waals surface area contributed by atoms with Gasteiger partial charge < -0.3 is 10.7 Å². The Balaban J connectivity index is 0.00000161. The molecule has 0 radical (unpaired) electrons. The molecule has 0 aliphatic carbocycles. The lowest BCUT2D eigenvalue weighted by Gasteiger charge is -2.09. The summed E-state index contributed by atoms with van der Waals surface area (Å²) in [7, 11) is 0. The van der Waals surface area contributed by atoms with Crippen molar-refractivity contribution in [3.8, 4) is 0 Å². The quantitative estimate of drug-likeness (QED) is 0.770. The first-order chi connectivity index (χ1) is 9.66. The van der Waals surface area contributed by atoms with Crippen LogP contribution in [0.5, 0.6) is 0 Å². The van der Waals surface area contributed by atoms with Crippen molar-refractivity contribution >= 4 is 41.1 Å². The number of nitrogens with one attached hydrogen (secondary N) is 1. The van der Waals surface area contributed by atoms with Crippen LogP contribution in [0.1, 0.15) is 5.56 Å². The van der Waals surface area contributed by atoms with Gasteiger partial charge in [-0.15, -0.1) is 12.4 Å². The van der Waals surface area contributed by atoms with E-state index >= 15 is 0 Å². The van der Waals surface area contributed by atoms with Gasteiger partial charge in [0.1, 0.15) is 0 Å². The monoisotopic (exact) mass is 325 g/mol. The minimum absolute atomic E-state index is 0. The van der Waals surface area contributed by atoms with E-state index in [9.17, 15) is 4.79 Å². The second-order valence-corrected chi connectivity index (χ2v) is 4.78. The van der Waals surface area contributed by atoms with Gasteiger partial charge in [-0.05, 0) is 18.1 Å². The number of hydrogen-bond donors (Lipinski definition) is 2. The average Bonchev–Trinajstić information content (AvgIpc) is 2.88. The van der Waals surface area contributed by atoms with Gasteiger partial charge in [-0.3, -0.25) is 9.36 Å². The number of H-pyrrole nitrogens is 1. The fraction of sp³-hybridized carbons (Fsp3) is 0.154. The van der Waals surface area contributed by atoms with Gasteiger partial charge in [0.15, 0.2) is 11.2 Å². The van der Waals surface area contributed by atoms with E-state index in [-0.39, 0.29) is 23.9 Å². The Bertz CT molecular complexity index is 827. The van der Waals surface area contributed by atoms with Gasteiger partial charge in [-0.2, -0.15) is 4.98 Å². The maximum atomic E-state index is 12.2. The number of aryl methyl sites for hydroxylation is 1. The summed E-state index contributed by atoms with van der Waals surface area (Å²) in [5.41, 5.74) is 7.23. The number of halogens is 2. The SMILES string of the molecule is Cl.Nc1nc2[nH]cnc2c(=O)n1CCc1ccccc1Cl. The lowest BCUT2D eigenvalue weighted by molar-refractivity contribution is 0.673. The molecule has 3 N–H and O–H groups in total. The van der Waals surface area contributed by atoms with Gasteiger partial charge in [0.2, 0.25) is 5.95 Å². The van der Waals surface area contributed by atoms with E-state index in [1.807, 2.05) is 24.3 Å². The number of rotatable bonds is 3. The van der Waals surface area contributed by atoms with Crippen molar-refractivity contribution in [2.24, 2.45) is 0 Å². The number of aromatic nitrogens is 4. The van der Waals surface area contributed by atoms with Crippen molar-refractivity contribution in [2.45, 2.75) is 13.0 Å². The molecular formula is C13H13Cl2N5O. The maximum absolute atomic E-state index is 12.2. The number of anilines is 1. The molecular weight excluding hydrogens is 313 g/mol. The number of benzene rings is 1. The van der Waals surface area contributed by atoms with Crippen molar-refractivity contribution in [3.63, 3.8) is 0 Å². The standard InChI is InChI=1S/C13H12ClN5O.ClH/c14-9-4-2-1-3-8(9)5-6-19-12(20)10-11(17-7-16-10)18-13(19)15;/h1-4,7H,5-6H2,(H2,15,18)(H,16,17);1H. The molecule has 8 heteroatoms. The van der Waals surface area contributed by atoms with Crippen LogP contribution in [0.2, 0.25) is 5.02 Å². The topological polar surface area (TPSA) is 89.6 Å². The number of imidazole rings is 1. The van der Waals surface area contributed by atoms with Crippen LogP contribution in [0, 0.1) is 0 Å². The highest BCUT2D eigenvalue weighted by molar-refractivity contribution is 6.31. The van der Waals surface area contributed by atoms with Crippen LogP contribution >= 0.6 is 24.0 Å². The van der Waals surface area contributed by atoms with E-state index in [2.05, 4.69) is 15.0 Å². The molecule has 21 heavy (non-hydrogen) atoms. The van der Waals surface area contributed by atoms with E-state index in [0.717, 1.165) is 5.56 Å². The molecule has 1 aromatic carbocycles. The molecule has 2 heterocycles. The molecule has 2 aromatic heterocycles. The molecule has 6 nitrogen and oxygen atoms in total. The molecule has 110 valence electrons. The predicted molar refractivity (Wildman–Crippen MR) is 85.0 cm³/mol. The van der Waals surface area contributed by atoms with Crippen molar-refractivity contribution in [2.75, 3.05) is 5.73 Å². The van der Waals surface area contributed by atoms with Crippen molar-refractivity contribution in [1.29, 1.82) is 0 Å². The molecule has 0 atom stereocenters. The highest BCUT2D eigenvalue weighted by Crippen LogP contribution is 2.16. The molecule has 0 unspecified atom stereocenters. The van der Waals surface area contributed by atoms with Gasteiger partial charge in [-0.1, -0.05) is 29.8 Å². The number of aromatic amines is 1. The van der Waals surface area contributed by atoms with Crippen molar-refractivity contribution in [1.82, 2.24) is 19.5 Å². The zero-order chi connectivity index (χ0) is 14.1. The molecule has 0 spiro atoms. The number of fused-ring (bicyclic) bond motifs is 1. The first-order valence-electron chi connectivity index (χ1n) is 6.09. The summed E-state index contributed by atoms with van der Waals surface area (Å²) in [6, 6.07) is 7.51. The Labute approximate surface area is 131 Å². The Morgan fingerprint density at radius 3 is 2.86 bits per heavy atom. The van der Waals surface area contributed by atoms with Crippen LogP contribution in [-0.4, -0.2) is 19.5 Å². The third kappa shape index (κ3) is 2.86. The van der Waals surface area contributed by atoms with E-state index in [4.69, 9.17) is 17.3 Å². The van der Waals surface area contributed by atoms with E-state index in [0.29, 0.717) is 29.2 Å². The minimum Gasteiger partial charge on any atom is -0.369 e. The Morgan fingerprint density at radius 2 is 2.10 bits per heavy atom. The molecule has 0 fully saturated rings. The van der Waals surface area contributed by atoms with E-state index in [1.165, 1.54) is 10.9 Å². The van der Waals surface area contributed by atoms with Crippen LogP contribution in [0.4, 0.5) is 5.95 Å². The first-order valence-corrected chi connectivity index (χ1v) is 6.47. The second kappa shape index (κ2) is 6.15. The molecule has 0 amide bonds. The average molecular weight is 326 g/mol. The summed E-state index contributed by atoms with van der Waals surface area (Å²) < 4.78 is 1.41. The Kier molecular flexibility index (Phi) is 4.50. The van der Waals surface area contributed by atoms with Crippen LogP contribution in [-0.2, 0) is 13.0 Å². The predicted octanol–water partition coefficient (Wildman–Crippen LogP) is 2.02. The minimum atomic E-state index is -0.249. The largest absolute Gasteiger partial charge is 0.369 e. The Morgan fingerprint density at radius 1 is 1.33 bits per heavy atom. The normalized spacial score (nSPS) is 10.5. The zero-order valence-electron chi connectivity index (χ0n) is 10.9. The first kappa shape index (κ1) is 15.3. The summed E-state index contributed by atoms with van der Waals surface area (Å²) >= 11 is 6.10. The van der Waals surface area contributed by atoms with E-state index < -0.39 is 0 Å². The summed E-state index contributed by atoms with van der Waals surface area (Å²) in [4.78, 5) is 23.1. The summed E-state index contributed by atoms with van der Waals surface area (Å²) in [5.74, 6) is 0.166. The highest BCUT2D eigenvalue weighted by atomic mass is 35.5. The second-order valence-electron chi connectivity index (χ2n) is 4.37. The maximum Gasteiger partial charge on any atom is 0.283 e. The smallest absolute Gasteiger partial charge is 0.283 e. The third-order valence-electron chi connectivity index (χ3n) is 3.13. The fourth-order valence-electron chi connectivity index (χ4n) is 2.09. The molecule has 0 saturated carbocycles. The van der Waals surface area contributed by atoms with Gasteiger partial charge >= 0.3 is 0 Å². The van der Waals surface area contributed by atoms with E-state index in [1.54, 1.807) is 0 Å². The van der Waals surface area contributed by atoms with Gasteiger partial charge in [0.25, 0.3) is 5.56 Å². The third-order valence-corrected chi connectivity index (χ3v) is 3.50. The number of nitrogens with zero attached hydrogens (tertiary/aromatic N) is 3. The molecule has 0 aliphatic heterocycles. The lowest BCUT2D eigenvalue weighted by atomic mass is 10.1. The van der Waals surface area contributed by atoms with Gasteiger partial charge in [-0.25, -0.2) is 4.98 Å². The van der Waals surface area contributed by atoms with Crippen LogP contribution in [0.25, 0.3) is 11.2 Å². The van der Waals surface area contributed by atoms with Crippen molar-refractivity contribution < 1.29 is 0 Å². The van der Waals surface area contributed by atoms with Crippen molar-refractivity contribution in [3.05, 3.63) is 51.5 Å². The molecule has 3 aromatic rings. The van der Waals surface area contributed by atoms with Gasteiger partial charge in [0.05, 0.1) is 6.33 Å². The highest BCUT2D eigenvalue weighted by Gasteiger charge is 2.11. The molecule has 0 saturated heterocycles. The van der Waals surface area contributed by atoms with Crippen LogP contribution in [0.3, 0.4) is 0 Å². The molecule has 3 rings (SSSR count). The zero-order valence-corrected chi connectivity index (χ0v) is 12.5. The van der Waals surface area contributed by atoms with Gasteiger partial charge in [0, 0.05) is 11.6 Å². The summed E-state index contributed by atoms with van der Waals surface area (Å²) in [6.45, 7) is 0.407. The summed E-state index contributed by atoms with van der Waals surface area (Å²) in [6.07, 6.45) is 2.03. The number of nitrogen functional groups attached to an aromatic ring is 1. The fourth-order valence-corrected chi connectivity index (χ4v) is 2.32. The molecule has 0 bridgehead atoms. The molecule has 0 aliphatic rings.